The Morgan fingerprint density at radius 1 is 0.926 bits per heavy atom. The molecular weight excluding hydrogens is 330 g/mol. The zero-order chi connectivity index (χ0) is 18.9. The Kier molecular flexibility index (Phi) is 4.77. The van der Waals surface area contributed by atoms with Crippen LogP contribution in [-0.4, -0.2) is 23.8 Å². The predicted molar refractivity (Wildman–Crippen MR) is 110 cm³/mol. The molecule has 1 fully saturated rings. The average Bonchev–Trinajstić information content (AvgIpc) is 2.67. The standard InChI is InChI=1S/C25H29NO/c1-24-15-13-23(27)25(2,17-20-9-5-3-6-10-20)22(24)14-16-26(19-24)18-21-11-7-4-8-12-21/h3-12,14H,13,15-19H2,1-2H3/t24-,25+/m0/s1. The minimum absolute atomic E-state index is 0.0878. The number of fused-ring (bicyclic) bond motifs is 1. The van der Waals surface area contributed by atoms with Crippen molar-refractivity contribution in [1.82, 2.24) is 4.90 Å². The number of Topliss-reactive ketones (excluding diaryl/α,β-unsaturated/α-hetero) is 1. The van der Waals surface area contributed by atoms with Crippen molar-refractivity contribution in [1.29, 1.82) is 0 Å². The maximum absolute atomic E-state index is 13.0. The summed E-state index contributed by atoms with van der Waals surface area (Å²) in [4.78, 5) is 15.6. The van der Waals surface area contributed by atoms with Crippen molar-refractivity contribution in [3.63, 3.8) is 0 Å². The number of benzene rings is 2. The molecule has 27 heavy (non-hydrogen) atoms. The van der Waals surface area contributed by atoms with Crippen LogP contribution in [0.1, 0.15) is 37.8 Å². The molecular formula is C25H29NO. The quantitative estimate of drug-likeness (QED) is 0.712. The van der Waals surface area contributed by atoms with E-state index in [1.54, 1.807) is 0 Å². The molecule has 1 aliphatic carbocycles. The third kappa shape index (κ3) is 3.51. The molecule has 140 valence electrons. The van der Waals surface area contributed by atoms with E-state index >= 15 is 0 Å². The third-order valence-corrected chi connectivity index (χ3v) is 6.54. The number of nitrogens with zero attached hydrogens (tertiary/aromatic N) is 1. The lowest BCUT2D eigenvalue weighted by Gasteiger charge is -2.51. The topological polar surface area (TPSA) is 20.3 Å². The number of hydrogen-bond acceptors (Lipinski definition) is 2. The summed E-state index contributed by atoms with van der Waals surface area (Å²) < 4.78 is 0. The zero-order valence-corrected chi connectivity index (χ0v) is 16.4. The van der Waals surface area contributed by atoms with Gasteiger partial charge in [0.2, 0.25) is 0 Å². The molecule has 1 saturated carbocycles. The monoisotopic (exact) mass is 359 g/mol. The molecule has 1 heterocycles. The van der Waals surface area contributed by atoms with Crippen molar-refractivity contribution >= 4 is 5.78 Å². The maximum atomic E-state index is 13.0. The van der Waals surface area contributed by atoms with Gasteiger partial charge < -0.3 is 0 Å². The van der Waals surface area contributed by atoms with Crippen LogP contribution in [0.2, 0.25) is 0 Å². The molecule has 0 radical (unpaired) electrons. The van der Waals surface area contributed by atoms with Crippen LogP contribution in [0.5, 0.6) is 0 Å². The Hall–Kier alpha value is -2.19. The van der Waals surface area contributed by atoms with Crippen LogP contribution in [0.4, 0.5) is 0 Å². The normalized spacial score (nSPS) is 28.5. The van der Waals surface area contributed by atoms with E-state index in [0.29, 0.717) is 12.2 Å². The van der Waals surface area contributed by atoms with Gasteiger partial charge in [-0.25, -0.2) is 0 Å². The molecule has 2 aromatic rings. The van der Waals surface area contributed by atoms with Gasteiger partial charge in [-0.1, -0.05) is 79.2 Å². The first kappa shape index (κ1) is 18.2. The average molecular weight is 360 g/mol. The highest BCUT2D eigenvalue weighted by Crippen LogP contribution is 2.52. The number of carbonyl (C=O) groups excluding carboxylic acids is 1. The summed E-state index contributed by atoms with van der Waals surface area (Å²) in [5.41, 5.74) is 3.71. The van der Waals surface area contributed by atoms with Gasteiger partial charge in [0, 0.05) is 31.5 Å². The number of rotatable bonds is 4. The maximum Gasteiger partial charge on any atom is 0.143 e. The summed E-state index contributed by atoms with van der Waals surface area (Å²) in [5, 5.41) is 0. The molecule has 0 bridgehead atoms. The Balaban J connectivity index is 1.61. The number of ketones is 1. The molecule has 0 amide bonds. The second-order valence-corrected chi connectivity index (χ2v) is 8.75. The van der Waals surface area contributed by atoms with Gasteiger partial charge in [-0.2, -0.15) is 0 Å². The Bertz CT molecular complexity index is 841. The molecule has 2 heteroatoms. The van der Waals surface area contributed by atoms with Gasteiger partial charge in [0.25, 0.3) is 0 Å². The number of carbonyl (C=O) groups is 1. The Labute approximate surface area is 162 Å². The first-order valence-electron chi connectivity index (χ1n) is 10.0. The first-order valence-corrected chi connectivity index (χ1v) is 10.0. The van der Waals surface area contributed by atoms with Crippen LogP contribution in [-0.2, 0) is 17.8 Å². The van der Waals surface area contributed by atoms with Crippen molar-refractivity contribution < 1.29 is 4.79 Å². The largest absolute Gasteiger partial charge is 0.299 e. The van der Waals surface area contributed by atoms with Crippen LogP contribution in [0.3, 0.4) is 0 Å². The molecule has 0 unspecified atom stereocenters. The second-order valence-electron chi connectivity index (χ2n) is 8.75. The molecule has 0 saturated heterocycles. The van der Waals surface area contributed by atoms with Crippen LogP contribution in [0, 0.1) is 10.8 Å². The number of hydrogen-bond donors (Lipinski definition) is 0. The van der Waals surface area contributed by atoms with Gasteiger partial charge in [0.1, 0.15) is 5.78 Å². The van der Waals surface area contributed by atoms with E-state index in [-0.39, 0.29) is 10.8 Å². The van der Waals surface area contributed by atoms with Gasteiger partial charge in [-0.3, -0.25) is 9.69 Å². The van der Waals surface area contributed by atoms with E-state index in [1.807, 2.05) is 6.07 Å². The van der Waals surface area contributed by atoms with Crippen LogP contribution in [0.25, 0.3) is 0 Å². The molecule has 0 spiro atoms. The highest BCUT2D eigenvalue weighted by molar-refractivity contribution is 5.89. The summed E-state index contributed by atoms with van der Waals surface area (Å²) in [5.74, 6) is 0.409. The lowest BCUT2D eigenvalue weighted by molar-refractivity contribution is -0.130. The summed E-state index contributed by atoms with van der Waals surface area (Å²) in [6.07, 6.45) is 4.84. The molecule has 1 aliphatic heterocycles. The summed E-state index contributed by atoms with van der Waals surface area (Å²) in [7, 11) is 0. The lowest BCUT2D eigenvalue weighted by atomic mass is 9.56. The summed E-state index contributed by atoms with van der Waals surface area (Å²) in [6, 6.07) is 21.2. The van der Waals surface area contributed by atoms with Gasteiger partial charge in [0.05, 0.1) is 5.41 Å². The van der Waals surface area contributed by atoms with Crippen molar-refractivity contribution in [2.75, 3.05) is 13.1 Å². The van der Waals surface area contributed by atoms with Gasteiger partial charge in [-0.05, 0) is 30.9 Å². The summed E-state index contributed by atoms with van der Waals surface area (Å²) >= 11 is 0. The Morgan fingerprint density at radius 2 is 1.56 bits per heavy atom. The van der Waals surface area contributed by atoms with Crippen LogP contribution >= 0.6 is 0 Å². The fourth-order valence-electron chi connectivity index (χ4n) is 5.19. The summed E-state index contributed by atoms with van der Waals surface area (Å²) in [6.45, 7) is 7.48. The van der Waals surface area contributed by atoms with Crippen LogP contribution in [0.15, 0.2) is 72.3 Å². The lowest BCUT2D eigenvalue weighted by Crippen LogP contribution is -2.51. The van der Waals surface area contributed by atoms with Gasteiger partial charge >= 0.3 is 0 Å². The van der Waals surface area contributed by atoms with E-state index in [1.165, 1.54) is 16.7 Å². The van der Waals surface area contributed by atoms with Crippen molar-refractivity contribution in [3.05, 3.63) is 83.4 Å². The SMILES string of the molecule is C[C@@]12CCC(=O)[C@](C)(Cc3ccccc3)C1=CCN(Cc1ccccc1)C2. The smallest absolute Gasteiger partial charge is 0.143 e. The van der Waals surface area contributed by atoms with Crippen molar-refractivity contribution in [3.8, 4) is 0 Å². The highest BCUT2D eigenvalue weighted by Gasteiger charge is 2.50. The van der Waals surface area contributed by atoms with Gasteiger partial charge in [0.15, 0.2) is 0 Å². The first-order chi connectivity index (χ1) is 13.0. The predicted octanol–water partition coefficient (Wildman–Crippen LogP) is 5.05. The molecule has 2 aliphatic rings. The minimum atomic E-state index is -0.368. The molecule has 2 atom stereocenters. The highest BCUT2D eigenvalue weighted by atomic mass is 16.1. The molecule has 0 aromatic heterocycles. The molecule has 0 N–H and O–H groups in total. The second kappa shape index (κ2) is 7.09. The van der Waals surface area contributed by atoms with E-state index in [9.17, 15) is 4.79 Å². The van der Waals surface area contributed by atoms with Crippen molar-refractivity contribution in [2.45, 2.75) is 39.7 Å². The zero-order valence-electron chi connectivity index (χ0n) is 16.4. The van der Waals surface area contributed by atoms with E-state index in [4.69, 9.17) is 0 Å². The molecule has 4 rings (SSSR count). The molecule has 2 nitrogen and oxygen atoms in total. The Morgan fingerprint density at radius 3 is 2.22 bits per heavy atom. The van der Waals surface area contributed by atoms with Crippen LogP contribution < -0.4 is 0 Å². The van der Waals surface area contributed by atoms with Crippen molar-refractivity contribution in [2.24, 2.45) is 10.8 Å². The van der Waals surface area contributed by atoms with Gasteiger partial charge in [-0.15, -0.1) is 0 Å². The minimum Gasteiger partial charge on any atom is -0.299 e. The van der Waals surface area contributed by atoms with E-state index in [2.05, 4.69) is 79.4 Å². The van der Waals surface area contributed by atoms with E-state index in [0.717, 1.165) is 32.5 Å². The fourth-order valence-corrected chi connectivity index (χ4v) is 5.19. The molecule has 2 aromatic carbocycles. The van der Waals surface area contributed by atoms with E-state index < -0.39 is 0 Å². The fraction of sp³-hybridized carbons (Fsp3) is 0.400. The third-order valence-electron chi connectivity index (χ3n) is 6.54.